The van der Waals surface area contributed by atoms with Crippen molar-refractivity contribution in [3.63, 3.8) is 0 Å². The van der Waals surface area contributed by atoms with Crippen LogP contribution in [-0.4, -0.2) is 25.7 Å². The first-order valence-corrected chi connectivity index (χ1v) is 3.73. The van der Waals surface area contributed by atoms with E-state index in [1.165, 1.54) is 0 Å². The highest BCUT2D eigenvalue weighted by atomic mass is 16.4. The third-order valence-electron chi connectivity index (χ3n) is 1.78. The molecule has 0 unspecified atom stereocenters. The van der Waals surface area contributed by atoms with Crippen molar-refractivity contribution in [3.8, 4) is 0 Å². The number of aromatic nitrogens is 3. The van der Waals surface area contributed by atoms with Crippen LogP contribution in [0.5, 0.6) is 0 Å². The summed E-state index contributed by atoms with van der Waals surface area (Å²) in [7, 11) is 0. The van der Waals surface area contributed by atoms with Gasteiger partial charge in [-0.15, -0.1) is 0 Å². The molecule has 0 atom stereocenters. The van der Waals surface area contributed by atoms with Gasteiger partial charge in [-0.2, -0.15) is 0 Å². The van der Waals surface area contributed by atoms with Crippen molar-refractivity contribution in [1.82, 2.24) is 14.5 Å². The molecule has 2 heterocycles. The monoisotopic (exact) mass is 177 g/mol. The van der Waals surface area contributed by atoms with Crippen LogP contribution in [0.2, 0.25) is 0 Å². The van der Waals surface area contributed by atoms with Crippen molar-refractivity contribution >= 4 is 17.3 Å². The maximum atomic E-state index is 10.8. The Labute approximate surface area is 73.7 Å². The molecule has 0 aliphatic heterocycles. The van der Waals surface area contributed by atoms with Crippen LogP contribution in [0.15, 0.2) is 18.3 Å². The largest absolute Gasteiger partial charge is 0.464 e. The van der Waals surface area contributed by atoms with Gasteiger partial charge in [0, 0.05) is 6.20 Å². The summed E-state index contributed by atoms with van der Waals surface area (Å²) in [6, 6.07) is 3.45. The van der Waals surface area contributed by atoms with E-state index < -0.39 is 6.09 Å². The maximum absolute atomic E-state index is 10.8. The molecule has 2 aromatic heterocycles. The molecule has 13 heavy (non-hydrogen) atoms. The van der Waals surface area contributed by atoms with Crippen molar-refractivity contribution in [2.75, 3.05) is 0 Å². The standard InChI is InChI=1S/C8H7N3O2/c1-5-10-6-3-2-4-9-7(6)11(5)8(12)13/h2-4H,1H3,(H,12,13). The van der Waals surface area contributed by atoms with Crippen molar-refractivity contribution in [2.45, 2.75) is 6.92 Å². The van der Waals surface area contributed by atoms with Gasteiger partial charge in [0.15, 0.2) is 5.65 Å². The second-order valence-corrected chi connectivity index (χ2v) is 2.62. The number of carboxylic acid groups (broad SMARTS) is 1. The Hall–Kier alpha value is -1.91. The van der Waals surface area contributed by atoms with Crippen LogP contribution in [-0.2, 0) is 0 Å². The van der Waals surface area contributed by atoms with E-state index in [0.29, 0.717) is 17.0 Å². The fraction of sp³-hybridized carbons (Fsp3) is 0.125. The highest BCUT2D eigenvalue weighted by Crippen LogP contribution is 2.11. The molecule has 0 bridgehead atoms. The number of aryl methyl sites for hydroxylation is 1. The zero-order valence-corrected chi connectivity index (χ0v) is 6.93. The molecule has 0 radical (unpaired) electrons. The van der Waals surface area contributed by atoms with Crippen LogP contribution in [0.4, 0.5) is 4.79 Å². The third kappa shape index (κ3) is 1.05. The Bertz CT molecular complexity index is 475. The van der Waals surface area contributed by atoms with Gasteiger partial charge in [-0.1, -0.05) is 0 Å². The fourth-order valence-electron chi connectivity index (χ4n) is 1.25. The van der Waals surface area contributed by atoms with E-state index in [-0.39, 0.29) is 0 Å². The summed E-state index contributed by atoms with van der Waals surface area (Å²) in [6.45, 7) is 1.63. The summed E-state index contributed by atoms with van der Waals surface area (Å²) in [5, 5.41) is 8.84. The zero-order chi connectivity index (χ0) is 9.42. The van der Waals surface area contributed by atoms with E-state index in [0.717, 1.165) is 4.57 Å². The lowest BCUT2D eigenvalue weighted by atomic mass is 10.4. The van der Waals surface area contributed by atoms with Gasteiger partial charge in [-0.3, -0.25) is 0 Å². The second-order valence-electron chi connectivity index (χ2n) is 2.62. The SMILES string of the molecule is Cc1nc2cccnc2n1C(=O)O. The summed E-state index contributed by atoms with van der Waals surface area (Å²) in [4.78, 5) is 18.8. The van der Waals surface area contributed by atoms with Crippen LogP contribution < -0.4 is 0 Å². The Morgan fingerprint density at radius 2 is 2.38 bits per heavy atom. The molecule has 0 aliphatic rings. The number of nitrogens with zero attached hydrogens (tertiary/aromatic N) is 3. The molecule has 0 aliphatic carbocycles. The first kappa shape index (κ1) is 7.72. The van der Waals surface area contributed by atoms with Crippen molar-refractivity contribution in [1.29, 1.82) is 0 Å². The molecule has 1 N–H and O–H groups in total. The predicted octanol–water partition coefficient (Wildman–Crippen LogP) is 1.27. The predicted molar refractivity (Wildman–Crippen MR) is 45.7 cm³/mol. The molecule has 0 saturated heterocycles. The van der Waals surface area contributed by atoms with E-state index in [9.17, 15) is 4.79 Å². The van der Waals surface area contributed by atoms with Crippen LogP contribution in [0.1, 0.15) is 5.82 Å². The first-order valence-electron chi connectivity index (χ1n) is 3.73. The van der Waals surface area contributed by atoms with Gasteiger partial charge >= 0.3 is 6.09 Å². The molecule has 66 valence electrons. The molecular weight excluding hydrogens is 170 g/mol. The molecule has 0 aromatic carbocycles. The molecule has 5 heteroatoms. The van der Waals surface area contributed by atoms with Crippen molar-refractivity contribution in [3.05, 3.63) is 24.2 Å². The summed E-state index contributed by atoms with van der Waals surface area (Å²) in [5.41, 5.74) is 0.981. The second kappa shape index (κ2) is 2.55. The fourth-order valence-corrected chi connectivity index (χ4v) is 1.25. The lowest BCUT2D eigenvalue weighted by Crippen LogP contribution is -2.10. The van der Waals surface area contributed by atoms with Gasteiger partial charge in [-0.05, 0) is 19.1 Å². The lowest BCUT2D eigenvalue weighted by molar-refractivity contribution is 0.196. The minimum Gasteiger partial charge on any atom is -0.464 e. The third-order valence-corrected chi connectivity index (χ3v) is 1.78. The van der Waals surface area contributed by atoms with Gasteiger partial charge < -0.3 is 5.11 Å². The number of hydrogen-bond donors (Lipinski definition) is 1. The van der Waals surface area contributed by atoms with Crippen LogP contribution in [0, 0.1) is 6.92 Å². The van der Waals surface area contributed by atoms with Crippen molar-refractivity contribution < 1.29 is 9.90 Å². The average Bonchev–Trinajstić information content (AvgIpc) is 2.39. The Kier molecular flexibility index (Phi) is 1.51. The minimum atomic E-state index is -1.06. The zero-order valence-electron chi connectivity index (χ0n) is 6.93. The van der Waals surface area contributed by atoms with Gasteiger partial charge in [0.25, 0.3) is 0 Å². The Morgan fingerprint density at radius 3 is 3.08 bits per heavy atom. The summed E-state index contributed by atoms with van der Waals surface area (Å²) < 4.78 is 1.06. The van der Waals surface area contributed by atoms with E-state index in [2.05, 4.69) is 9.97 Å². The molecular formula is C8H7N3O2. The number of carbonyl (C=O) groups is 1. The van der Waals surface area contributed by atoms with Crippen LogP contribution >= 0.6 is 0 Å². The van der Waals surface area contributed by atoms with E-state index in [4.69, 9.17) is 5.11 Å². The minimum absolute atomic E-state index is 0.382. The average molecular weight is 177 g/mol. The summed E-state index contributed by atoms with van der Waals surface area (Å²) in [6.07, 6.45) is 0.488. The normalized spacial score (nSPS) is 10.5. The molecule has 0 spiro atoms. The first-order chi connectivity index (χ1) is 6.20. The highest BCUT2D eigenvalue weighted by molar-refractivity contribution is 5.83. The number of hydrogen-bond acceptors (Lipinski definition) is 3. The van der Waals surface area contributed by atoms with E-state index >= 15 is 0 Å². The van der Waals surface area contributed by atoms with Gasteiger partial charge in [0.1, 0.15) is 11.3 Å². The Morgan fingerprint density at radius 1 is 1.62 bits per heavy atom. The number of rotatable bonds is 0. The van der Waals surface area contributed by atoms with Crippen molar-refractivity contribution in [2.24, 2.45) is 0 Å². The van der Waals surface area contributed by atoms with Crippen LogP contribution in [0.25, 0.3) is 11.2 Å². The van der Waals surface area contributed by atoms with E-state index in [1.807, 2.05) is 0 Å². The van der Waals surface area contributed by atoms with Gasteiger partial charge in [0.05, 0.1) is 0 Å². The number of imidazole rings is 1. The topological polar surface area (TPSA) is 68.0 Å². The Balaban J connectivity index is 2.86. The summed E-state index contributed by atoms with van der Waals surface area (Å²) >= 11 is 0. The quantitative estimate of drug-likeness (QED) is 0.657. The van der Waals surface area contributed by atoms with Crippen LogP contribution in [0.3, 0.4) is 0 Å². The molecule has 0 amide bonds. The number of pyridine rings is 1. The van der Waals surface area contributed by atoms with Gasteiger partial charge in [-0.25, -0.2) is 19.3 Å². The van der Waals surface area contributed by atoms with Gasteiger partial charge in [0.2, 0.25) is 0 Å². The molecule has 5 nitrogen and oxygen atoms in total. The van der Waals surface area contributed by atoms with E-state index in [1.54, 1.807) is 25.3 Å². The maximum Gasteiger partial charge on any atom is 0.418 e. The smallest absolute Gasteiger partial charge is 0.418 e. The molecule has 0 saturated carbocycles. The summed E-state index contributed by atoms with van der Waals surface area (Å²) in [5.74, 6) is 0.432. The highest BCUT2D eigenvalue weighted by Gasteiger charge is 2.12. The lowest BCUT2D eigenvalue weighted by Gasteiger charge is -1.95. The molecule has 0 fully saturated rings. The number of fused-ring (bicyclic) bond motifs is 1. The molecule has 2 aromatic rings. The molecule has 2 rings (SSSR count).